The molecule has 0 spiro atoms. The summed E-state index contributed by atoms with van der Waals surface area (Å²) in [5, 5.41) is 16.5. The van der Waals surface area contributed by atoms with Crippen LogP contribution in [0.5, 0.6) is 0 Å². The maximum atomic E-state index is 12.4. The second kappa shape index (κ2) is 6.74. The summed E-state index contributed by atoms with van der Waals surface area (Å²) in [6.07, 6.45) is 2.81. The molecule has 1 fully saturated rings. The van der Waals surface area contributed by atoms with Crippen LogP contribution in [0.25, 0.3) is 5.82 Å². The average molecular weight is 374 g/mol. The lowest BCUT2D eigenvalue weighted by atomic mass is 9.86. The average Bonchev–Trinajstić information content (AvgIpc) is 3.37. The summed E-state index contributed by atoms with van der Waals surface area (Å²) in [4.78, 5) is 14.7. The Morgan fingerprint density at radius 1 is 1.00 bits per heavy atom. The Balaban J connectivity index is 1.55. The number of aromatic nitrogens is 4. The maximum absolute atomic E-state index is 12.4. The number of carbonyl (C=O) groups is 1. The summed E-state index contributed by atoms with van der Waals surface area (Å²) in [6, 6.07) is 14.0. The fraction of sp³-hybridized carbons (Fsp3) is 0.333. The first-order chi connectivity index (χ1) is 13.7. The minimum atomic E-state index is -0.0100. The van der Waals surface area contributed by atoms with E-state index in [-0.39, 0.29) is 11.8 Å². The van der Waals surface area contributed by atoms with E-state index in [2.05, 4.69) is 37.6 Å². The molecular formula is C21H22N6O. The second-order valence-corrected chi connectivity index (χ2v) is 7.42. The molecule has 5 rings (SSSR count). The summed E-state index contributed by atoms with van der Waals surface area (Å²) in [5.41, 5.74) is 3.07. The molecule has 1 saturated heterocycles. The molecule has 7 nitrogen and oxygen atoms in total. The van der Waals surface area contributed by atoms with Gasteiger partial charge in [0.2, 0.25) is 5.91 Å². The van der Waals surface area contributed by atoms with Crippen LogP contribution in [0.1, 0.15) is 42.0 Å². The highest BCUT2D eigenvalue weighted by Gasteiger charge is 2.32. The number of aryl methyl sites for hydroxylation is 1. The van der Waals surface area contributed by atoms with Crippen molar-refractivity contribution in [2.75, 3.05) is 23.3 Å². The molecule has 7 heteroatoms. The van der Waals surface area contributed by atoms with Gasteiger partial charge in [-0.1, -0.05) is 30.3 Å². The smallest absolute Gasteiger partial charge is 0.226 e. The predicted molar refractivity (Wildman–Crippen MR) is 107 cm³/mol. The first kappa shape index (κ1) is 16.9. The van der Waals surface area contributed by atoms with E-state index in [9.17, 15) is 4.79 Å². The molecule has 1 N–H and O–H groups in total. The largest absolute Gasteiger partial charge is 0.355 e. The summed E-state index contributed by atoms with van der Waals surface area (Å²) in [5.74, 6) is 2.19. The van der Waals surface area contributed by atoms with Crippen LogP contribution >= 0.6 is 0 Å². The summed E-state index contributed by atoms with van der Waals surface area (Å²) in [7, 11) is 0. The molecule has 142 valence electrons. The van der Waals surface area contributed by atoms with Crippen molar-refractivity contribution in [1.82, 2.24) is 20.0 Å². The van der Waals surface area contributed by atoms with E-state index in [0.717, 1.165) is 35.7 Å². The van der Waals surface area contributed by atoms with Gasteiger partial charge in [-0.15, -0.1) is 10.2 Å². The summed E-state index contributed by atoms with van der Waals surface area (Å²) < 4.78 is 1.71. The normalized spacial score (nSPS) is 18.8. The molecule has 1 atom stereocenters. The van der Waals surface area contributed by atoms with Crippen molar-refractivity contribution in [3.8, 4) is 5.82 Å². The van der Waals surface area contributed by atoms with E-state index >= 15 is 0 Å². The molecule has 0 bridgehead atoms. The number of amides is 1. The number of rotatable bonds is 3. The quantitative estimate of drug-likeness (QED) is 0.763. The number of nitrogens with zero attached hydrogens (tertiary/aromatic N) is 5. The van der Waals surface area contributed by atoms with Gasteiger partial charge in [-0.2, -0.15) is 9.78 Å². The lowest BCUT2D eigenvalue weighted by Gasteiger charge is -2.24. The zero-order chi connectivity index (χ0) is 19.1. The topological polar surface area (TPSA) is 75.9 Å². The van der Waals surface area contributed by atoms with Gasteiger partial charge in [-0.05, 0) is 37.5 Å². The van der Waals surface area contributed by atoms with Gasteiger partial charge in [0.1, 0.15) is 5.82 Å². The Labute approximate surface area is 163 Å². The maximum Gasteiger partial charge on any atom is 0.226 e. The van der Waals surface area contributed by atoms with Crippen LogP contribution in [0.15, 0.2) is 42.5 Å². The molecule has 2 aliphatic rings. The standard InChI is InChI=1S/C21H22N6O/c1-14-20-16(15-7-3-2-4-8-15)13-19(28)22-21(20)27(25-14)18-10-9-17(23-24-18)26-11-5-6-12-26/h2-4,7-10,16H,5-6,11-13H2,1H3,(H,22,28). The number of hydrogen-bond acceptors (Lipinski definition) is 5. The van der Waals surface area contributed by atoms with Gasteiger partial charge in [0.05, 0.1) is 5.69 Å². The lowest BCUT2D eigenvalue weighted by molar-refractivity contribution is -0.116. The zero-order valence-electron chi connectivity index (χ0n) is 15.8. The second-order valence-electron chi connectivity index (χ2n) is 7.42. The van der Waals surface area contributed by atoms with Crippen LogP contribution in [0.2, 0.25) is 0 Å². The third-order valence-corrected chi connectivity index (χ3v) is 5.59. The number of fused-ring (bicyclic) bond motifs is 1. The molecule has 0 saturated carbocycles. The minimum absolute atomic E-state index is 0.00414. The molecule has 0 aliphatic carbocycles. The van der Waals surface area contributed by atoms with Crippen molar-refractivity contribution in [2.45, 2.75) is 32.1 Å². The zero-order valence-corrected chi connectivity index (χ0v) is 15.8. The monoisotopic (exact) mass is 374 g/mol. The molecule has 4 heterocycles. The van der Waals surface area contributed by atoms with Gasteiger partial charge in [0, 0.05) is 31.0 Å². The number of carbonyl (C=O) groups excluding carboxylic acids is 1. The van der Waals surface area contributed by atoms with E-state index in [1.54, 1.807) is 4.68 Å². The number of anilines is 2. The molecule has 2 aliphatic heterocycles. The van der Waals surface area contributed by atoms with E-state index in [4.69, 9.17) is 0 Å². The van der Waals surface area contributed by atoms with Gasteiger partial charge >= 0.3 is 0 Å². The third kappa shape index (κ3) is 2.83. The summed E-state index contributed by atoms with van der Waals surface area (Å²) >= 11 is 0. The van der Waals surface area contributed by atoms with Gasteiger partial charge < -0.3 is 10.2 Å². The van der Waals surface area contributed by atoms with Crippen LogP contribution in [-0.4, -0.2) is 39.0 Å². The van der Waals surface area contributed by atoms with Crippen LogP contribution in [0, 0.1) is 6.92 Å². The fourth-order valence-corrected chi connectivity index (χ4v) is 4.23. The van der Waals surface area contributed by atoms with Crippen LogP contribution in [0.3, 0.4) is 0 Å². The Morgan fingerprint density at radius 2 is 1.71 bits per heavy atom. The number of nitrogens with one attached hydrogen (secondary N) is 1. The SMILES string of the molecule is Cc1nn(-c2ccc(N3CCCC3)nn2)c2c1C(c1ccccc1)CC(=O)N2. The highest BCUT2D eigenvalue weighted by molar-refractivity contribution is 5.95. The van der Waals surface area contributed by atoms with Gasteiger partial charge in [0.15, 0.2) is 11.6 Å². The van der Waals surface area contributed by atoms with Crippen molar-refractivity contribution in [3.05, 3.63) is 59.3 Å². The first-order valence-corrected chi connectivity index (χ1v) is 9.74. The van der Waals surface area contributed by atoms with Gasteiger partial charge in [0.25, 0.3) is 0 Å². The van der Waals surface area contributed by atoms with E-state index in [0.29, 0.717) is 18.1 Å². The molecule has 3 aromatic rings. The van der Waals surface area contributed by atoms with E-state index in [1.165, 1.54) is 12.8 Å². The number of benzene rings is 1. The third-order valence-electron chi connectivity index (χ3n) is 5.59. The van der Waals surface area contributed by atoms with Crippen molar-refractivity contribution in [1.29, 1.82) is 0 Å². The molecule has 1 amide bonds. The van der Waals surface area contributed by atoms with E-state index < -0.39 is 0 Å². The van der Waals surface area contributed by atoms with Crippen molar-refractivity contribution < 1.29 is 4.79 Å². The Bertz CT molecular complexity index is 1010. The highest BCUT2D eigenvalue weighted by atomic mass is 16.1. The van der Waals surface area contributed by atoms with Crippen molar-refractivity contribution in [3.63, 3.8) is 0 Å². The molecule has 0 radical (unpaired) electrons. The Hall–Kier alpha value is -3.22. The Kier molecular flexibility index (Phi) is 4.07. The van der Waals surface area contributed by atoms with E-state index in [1.807, 2.05) is 37.3 Å². The highest BCUT2D eigenvalue weighted by Crippen LogP contribution is 2.39. The van der Waals surface area contributed by atoms with Crippen LogP contribution in [-0.2, 0) is 4.79 Å². The lowest BCUT2D eigenvalue weighted by Crippen LogP contribution is -2.25. The molecular weight excluding hydrogens is 352 g/mol. The fourth-order valence-electron chi connectivity index (χ4n) is 4.23. The van der Waals surface area contributed by atoms with Crippen LogP contribution < -0.4 is 10.2 Å². The van der Waals surface area contributed by atoms with Crippen molar-refractivity contribution >= 4 is 17.5 Å². The minimum Gasteiger partial charge on any atom is -0.355 e. The number of hydrogen-bond donors (Lipinski definition) is 1. The molecule has 2 aromatic heterocycles. The predicted octanol–water partition coefficient (Wildman–Crippen LogP) is 3.05. The molecule has 28 heavy (non-hydrogen) atoms. The van der Waals surface area contributed by atoms with Crippen molar-refractivity contribution in [2.24, 2.45) is 0 Å². The molecule has 1 unspecified atom stereocenters. The first-order valence-electron chi connectivity index (χ1n) is 9.74. The Morgan fingerprint density at radius 3 is 2.43 bits per heavy atom. The van der Waals surface area contributed by atoms with Gasteiger partial charge in [-0.25, -0.2) is 0 Å². The molecule has 1 aromatic carbocycles. The van der Waals surface area contributed by atoms with Gasteiger partial charge in [-0.3, -0.25) is 4.79 Å². The summed E-state index contributed by atoms with van der Waals surface area (Å²) in [6.45, 7) is 4.03. The van der Waals surface area contributed by atoms with Crippen LogP contribution in [0.4, 0.5) is 11.6 Å².